The van der Waals surface area contributed by atoms with E-state index in [4.69, 9.17) is 27.9 Å². The lowest BCUT2D eigenvalue weighted by Crippen LogP contribution is -2.37. The van der Waals surface area contributed by atoms with Crippen LogP contribution in [-0.2, 0) is 10.6 Å². The first-order valence-electron chi connectivity index (χ1n) is 6.78. The van der Waals surface area contributed by atoms with Crippen LogP contribution in [-0.4, -0.2) is 26.3 Å². The summed E-state index contributed by atoms with van der Waals surface area (Å²) in [7, 11) is 1.73. The van der Waals surface area contributed by atoms with E-state index in [1.54, 1.807) is 7.11 Å². The van der Waals surface area contributed by atoms with Crippen LogP contribution < -0.4 is 4.90 Å². The molecule has 0 spiro atoms. The minimum atomic E-state index is 0.429. The molecule has 1 aromatic carbocycles. The van der Waals surface area contributed by atoms with Crippen molar-refractivity contribution < 1.29 is 4.74 Å². The summed E-state index contributed by atoms with van der Waals surface area (Å²) in [5.74, 6) is 0.429. The number of anilines is 1. The van der Waals surface area contributed by atoms with Gasteiger partial charge in [0, 0.05) is 36.0 Å². The molecule has 1 aromatic rings. The molecule has 0 N–H and O–H groups in total. The van der Waals surface area contributed by atoms with E-state index in [-0.39, 0.29) is 0 Å². The second kappa shape index (κ2) is 8.68. The van der Waals surface area contributed by atoms with Crippen molar-refractivity contribution in [2.45, 2.75) is 38.6 Å². The van der Waals surface area contributed by atoms with Crippen LogP contribution in [0.1, 0.15) is 32.3 Å². The van der Waals surface area contributed by atoms with Gasteiger partial charge in [-0.25, -0.2) is 0 Å². The third-order valence-electron chi connectivity index (χ3n) is 3.46. The maximum atomic E-state index is 6.26. The predicted molar refractivity (Wildman–Crippen MR) is 84.6 cm³/mol. The molecule has 0 atom stereocenters. The number of hydrogen-bond acceptors (Lipinski definition) is 2. The molecule has 19 heavy (non-hydrogen) atoms. The average Bonchev–Trinajstić information content (AvgIpc) is 2.43. The smallest absolute Gasteiger partial charge is 0.0637 e. The molecule has 0 aliphatic carbocycles. The molecule has 0 radical (unpaired) electrons. The van der Waals surface area contributed by atoms with Gasteiger partial charge in [-0.2, -0.15) is 0 Å². The van der Waals surface area contributed by atoms with Gasteiger partial charge in [0.05, 0.1) is 12.5 Å². The van der Waals surface area contributed by atoms with Gasteiger partial charge in [0.15, 0.2) is 0 Å². The SMILES string of the molecule is CCC(CC)N(CCOC)c1cccc(Cl)c1CCl. The van der Waals surface area contributed by atoms with Gasteiger partial charge in [-0.1, -0.05) is 31.5 Å². The van der Waals surface area contributed by atoms with Gasteiger partial charge in [0.1, 0.15) is 0 Å². The lowest BCUT2D eigenvalue weighted by molar-refractivity contribution is 0.202. The average molecular weight is 304 g/mol. The van der Waals surface area contributed by atoms with Crippen LogP contribution in [0.25, 0.3) is 0 Å². The molecular weight excluding hydrogens is 281 g/mol. The van der Waals surface area contributed by atoms with Crippen LogP contribution >= 0.6 is 23.2 Å². The Balaban J connectivity index is 3.12. The normalized spacial score (nSPS) is 11.1. The maximum absolute atomic E-state index is 6.26. The first kappa shape index (κ1) is 16.6. The number of rotatable bonds is 8. The zero-order valence-corrected chi connectivity index (χ0v) is 13.5. The minimum Gasteiger partial charge on any atom is -0.383 e. The Kier molecular flexibility index (Phi) is 7.59. The van der Waals surface area contributed by atoms with Crippen molar-refractivity contribution in [1.29, 1.82) is 0 Å². The van der Waals surface area contributed by atoms with E-state index in [0.29, 0.717) is 18.5 Å². The van der Waals surface area contributed by atoms with Crippen LogP contribution in [0.4, 0.5) is 5.69 Å². The van der Waals surface area contributed by atoms with Gasteiger partial charge < -0.3 is 9.64 Å². The Morgan fingerprint density at radius 2 is 1.95 bits per heavy atom. The lowest BCUT2D eigenvalue weighted by atomic mass is 10.1. The summed E-state index contributed by atoms with van der Waals surface area (Å²) in [5.41, 5.74) is 2.14. The van der Waals surface area contributed by atoms with Crippen LogP contribution in [0.2, 0.25) is 5.02 Å². The Bertz CT molecular complexity index is 380. The molecular formula is C15H23Cl2NO. The first-order chi connectivity index (χ1) is 9.19. The largest absolute Gasteiger partial charge is 0.383 e. The van der Waals surface area contributed by atoms with E-state index in [0.717, 1.165) is 35.7 Å². The number of hydrogen-bond donors (Lipinski definition) is 0. The van der Waals surface area contributed by atoms with Gasteiger partial charge in [-0.15, -0.1) is 11.6 Å². The number of halogens is 2. The summed E-state index contributed by atoms with van der Waals surface area (Å²) in [5, 5.41) is 0.737. The summed E-state index contributed by atoms with van der Waals surface area (Å²) in [6.45, 7) is 5.97. The van der Waals surface area contributed by atoms with Crippen molar-refractivity contribution in [3.63, 3.8) is 0 Å². The second-order valence-corrected chi connectivity index (χ2v) is 5.20. The van der Waals surface area contributed by atoms with Crippen molar-refractivity contribution >= 4 is 28.9 Å². The highest BCUT2D eigenvalue weighted by Crippen LogP contribution is 2.31. The summed E-state index contributed by atoms with van der Waals surface area (Å²) in [6.07, 6.45) is 2.18. The zero-order valence-electron chi connectivity index (χ0n) is 12.0. The molecule has 0 aliphatic heterocycles. The number of ether oxygens (including phenoxy) is 1. The highest BCUT2D eigenvalue weighted by Gasteiger charge is 2.19. The summed E-state index contributed by atoms with van der Waals surface area (Å²) in [6, 6.07) is 6.45. The molecule has 0 heterocycles. The second-order valence-electron chi connectivity index (χ2n) is 4.53. The Hall–Kier alpha value is -0.440. The molecule has 0 saturated carbocycles. The fourth-order valence-corrected chi connectivity index (χ4v) is 2.95. The van der Waals surface area contributed by atoms with Crippen molar-refractivity contribution in [2.75, 3.05) is 25.2 Å². The Morgan fingerprint density at radius 1 is 1.26 bits per heavy atom. The molecule has 0 fully saturated rings. The highest BCUT2D eigenvalue weighted by atomic mass is 35.5. The monoisotopic (exact) mass is 303 g/mol. The molecule has 0 bridgehead atoms. The van der Waals surface area contributed by atoms with Gasteiger partial charge in [0.25, 0.3) is 0 Å². The van der Waals surface area contributed by atoms with Gasteiger partial charge >= 0.3 is 0 Å². The number of methoxy groups -OCH3 is 1. The fourth-order valence-electron chi connectivity index (χ4n) is 2.37. The summed E-state index contributed by atoms with van der Waals surface area (Å²) < 4.78 is 5.23. The molecule has 1 rings (SSSR count). The molecule has 0 saturated heterocycles. The number of alkyl halides is 1. The van der Waals surface area contributed by atoms with Crippen molar-refractivity contribution in [2.24, 2.45) is 0 Å². The molecule has 0 aromatic heterocycles. The fraction of sp³-hybridized carbons (Fsp3) is 0.600. The van der Waals surface area contributed by atoms with Crippen molar-refractivity contribution in [3.8, 4) is 0 Å². The van der Waals surface area contributed by atoms with Crippen molar-refractivity contribution in [1.82, 2.24) is 0 Å². The Morgan fingerprint density at radius 3 is 2.47 bits per heavy atom. The third-order valence-corrected chi connectivity index (χ3v) is 4.08. The zero-order chi connectivity index (χ0) is 14.3. The quantitative estimate of drug-likeness (QED) is 0.644. The third kappa shape index (κ3) is 4.27. The van der Waals surface area contributed by atoms with E-state index in [9.17, 15) is 0 Å². The van der Waals surface area contributed by atoms with Gasteiger partial charge in [0.2, 0.25) is 0 Å². The van der Waals surface area contributed by atoms with E-state index in [2.05, 4.69) is 24.8 Å². The predicted octanol–water partition coefficient (Wildman–Crippen LogP) is 4.72. The van der Waals surface area contributed by atoms with E-state index < -0.39 is 0 Å². The van der Waals surface area contributed by atoms with Crippen molar-refractivity contribution in [3.05, 3.63) is 28.8 Å². The topological polar surface area (TPSA) is 12.5 Å². The van der Waals surface area contributed by atoms with Crippen LogP contribution in [0.15, 0.2) is 18.2 Å². The highest BCUT2D eigenvalue weighted by molar-refractivity contribution is 6.32. The maximum Gasteiger partial charge on any atom is 0.0637 e. The standard InChI is InChI=1S/C15H23Cl2NO/c1-4-12(5-2)18(9-10-19-3)15-8-6-7-14(17)13(15)11-16/h6-8,12H,4-5,9-11H2,1-3H3. The molecule has 0 aliphatic rings. The Labute approximate surface area is 126 Å². The number of benzene rings is 1. The summed E-state index contributed by atoms with van der Waals surface area (Å²) in [4.78, 5) is 2.37. The molecule has 2 nitrogen and oxygen atoms in total. The molecule has 0 unspecified atom stereocenters. The lowest BCUT2D eigenvalue weighted by Gasteiger charge is -2.34. The minimum absolute atomic E-state index is 0.429. The van der Waals surface area contributed by atoms with E-state index in [1.807, 2.05) is 12.1 Å². The van der Waals surface area contributed by atoms with Crippen LogP contribution in [0.5, 0.6) is 0 Å². The van der Waals surface area contributed by atoms with Gasteiger partial charge in [-0.05, 0) is 25.0 Å². The van der Waals surface area contributed by atoms with E-state index >= 15 is 0 Å². The molecule has 4 heteroatoms. The summed E-state index contributed by atoms with van der Waals surface area (Å²) >= 11 is 12.3. The van der Waals surface area contributed by atoms with Gasteiger partial charge in [-0.3, -0.25) is 0 Å². The first-order valence-corrected chi connectivity index (χ1v) is 7.69. The molecule has 108 valence electrons. The number of nitrogens with zero attached hydrogens (tertiary/aromatic N) is 1. The molecule has 0 amide bonds. The van der Waals surface area contributed by atoms with E-state index in [1.165, 1.54) is 0 Å². The van der Waals surface area contributed by atoms with Crippen LogP contribution in [0.3, 0.4) is 0 Å². The van der Waals surface area contributed by atoms with Crippen LogP contribution in [0, 0.1) is 0 Å².